The van der Waals surface area contributed by atoms with Gasteiger partial charge in [0.15, 0.2) is 11.9 Å². The minimum Gasteiger partial charge on any atom is -0.483 e. The highest BCUT2D eigenvalue weighted by Gasteiger charge is 2.30. The number of imidazole rings is 1. The van der Waals surface area contributed by atoms with Crippen molar-refractivity contribution < 1.29 is 22.7 Å². The van der Waals surface area contributed by atoms with Gasteiger partial charge in [0.25, 0.3) is 5.91 Å². The molecular weight excluding hydrogens is 565 g/mol. The second kappa shape index (κ2) is 12.1. The van der Waals surface area contributed by atoms with Gasteiger partial charge in [-0.05, 0) is 73.5 Å². The molecule has 1 atom stereocenters. The van der Waals surface area contributed by atoms with Crippen molar-refractivity contribution in [1.29, 1.82) is 0 Å². The van der Waals surface area contributed by atoms with E-state index in [4.69, 9.17) is 9.72 Å². The monoisotopic (exact) mass is 598 g/mol. The molecule has 1 aliphatic heterocycles. The summed E-state index contributed by atoms with van der Waals surface area (Å²) in [6, 6.07) is 28.4. The number of aromatic nitrogens is 2. The summed E-state index contributed by atoms with van der Waals surface area (Å²) in [5, 5.41) is 0. The van der Waals surface area contributed by atoms with Crippen molar-refractivity contribution >= 4 is 22.6 Å². The highest BCUT2D eigenvalue weighted by molar-refractivity contribution is 5.95. The van der Waals surface area contributed by atoms with Crippen molar-refractivity contribution in [2.45, 2.75) is 32.7 Å². The van der Waals surface area contributed by atoms with Crippen molar-refractivity contribution in [3.63, 3.8) is 0 Å². The third-order valence-corrected chi connectivity index (χ3v) is 8.11. The number of alkyl halides is 3. The number of nitrogens with zero attached hydrogens (tertiary/aromatic N) is 4. The molecule has 1 amide bonds. The molecule has 0 aliphatic carbocycles. The number of halogens is 3. The van der Waals surface area contributed by atoms with Gasteiger partial charge in [0.2, 0.25) is 0 Å². The topological polar surface area (TPSA) is 50.6 Å². The predicted molar refractivity (Wildman–Crippen MR) is 165 cm³/mol. The molecule has 226 valence electrons. The molecule has 44 heavy (non-hydrogen) atoms. The first-order valence-corrected chi connectivity index (χ1v) is 14.7. The fourth-order valence-corrected chi connectivity index (χ4v) is 5.69. The normalized spacial score (nSPS) is 14.6. The summed E-state index contributed by atoms with van der Waals surface area (Å²) >= 11 is 0. The maximum absolute atomic E-state index is 13.2. The van der Waals surface area contributed by atoms with E-state index < -0.39 is 17.8 Å². The summed E-state index contributed by atoms with van der Waals surface area (Å²) in [4.78, 5) is 22.2. The first-order chi connectivity index (χ1) is 21.2. The van der Waals surface area contributed by atoms with Gasteiger partial charge in [-0.25, -0.2) is 4.98 Å². The van der Waals surface area contributed by atoms with Crippen LogP contribution in [-0.2, 0) is 12.7 Å². The largest absolute Gasteiger partial charge is 0.483 e. The van der Waals surface area contributed by atoms with Crippen molar-refractivity contribution in [2.24, 2.45) is 0 Å². The summed E-state index contributed by atoms with van der Waals surface area (Å²) in [5.41, 5.74) is 4.37. The van der Waals surface area contributed by atoms with Crippen LogP contribution in [0.2, 0.25) is 0 Å². The Bertz CT molecular complexity index is 1760. The summed E-state index contributed by atoms with van der Waals surface area (Å²) in [6.45, 7) is 6.75. The Balaban J connectivity index is 1.28. The van der Waals surface area contributed by atoms with Crippen LogP contribution >= 0.6 is 0 Å². The van der Waals surface area contributed by atoms with Crippen molar-refractivity contribution in [3.05, 3.63) is 125 Å². The number of rotatable bonds is 7. The molecule has 1 saturated heterocycles. The van der Waals surface area contributed by atoms with Gasteiger partial charge < -0.3 is 19.1 Å². The molecule has 0 spiro atoms. The van der Waals surface area contributed by atoms with Gasteiger partial charge in [-0.1, -0.05) is 48.5 Å². The lowest BCUT2D eigenvalue weighted by molar-refractivity contribution is -0.137. The lowest BCUT2D eigenvalue weighted by Crippen LogP contribution is -2.48. The molecule has 2 heterocycles. The molecule has 0 bridgehead atoms. The summed E-state index contributed by atoms with van der Waals surface area (Å²) in [5.74, 6) is 1.42. The summed E-state index contributed by atoms with van der Waals surface area (Å²) in [6.07, 6.45) is -4.81. The van der Waals surface area contributed by atoms with Crippen LogP contribution in [-0.4, -0.2) is 46.5 Å². The maximum Gasteiger partial charge on any atom is 0.416 e. The van der Waals surface area contributed by atoms with Crippen molar-refractivity contribution in [1.82, 2.24) is 14.5 Å². The number of carbonyl (C=O) groups is 1. The fourth-order valence-electron chi connectivity index (χ4n) is 5.69. The number of aryl methyl sites for hydroxylation is 1. The number of anilines is 1. The zero-order valence-corrected chi connectivity index (χ0v) is 24.6. The van der Waals surface area contributed by atoms with Gasteiger partial charge in [-0.2, -0.15) is 13.2 Å². The van der Waals surface area contributed by atoms with Gasteiger partial charge in [-0.3, -0.25) is 4.79 Å². The molecule has 0 radical (unpaired) electrons. The van der Waals surface area contributed by atoms with Crippen LogP contribution in [0.4, 0.5) is 18.9 Å². The number of amides is 1. The molecule has 1 fully saturated rings. The number of piperazine rings is 1. The first-order valence-electron chi connectivity index (χ1n) is 14.7. The molecule has 1 aromatic heterocycles. The molecular formula is C35H33F3N4O2. The lowest BCUT2D eigenvalue weighted by atomic mass is 10.1. The number of hydrogen-bond donors (Lipinski definition) is 0. The smallest absolute Gasteiger partial charge is 0.416 e. The minimum absolute atomic E-state index is 0.0462. The molecule has 0 saturated carbocycles. The Hall–Kier alpha value is -4.79. The van der Waals surface area contributed by atoms with Crippen molar-refractivity contribution in [3.8, 4) is 5.75 Å². The Morgan fingerprint density at radius 2 is 1.57 bits per heavy atom. The third kappa shape index (κ3) is 6.13. The molecule has 0 N–H and O–H groups in total. The lowest BCUT2D eigenvalue weighted by Gasteiger charge is -2.36. The second-order valence-corrected chi connectivity index (χ2v) is 11.1. The maximum atomic E-state index is 13.2. The Morgan fingerprint density at radius 1 is 0.886 bits per heavy atom. The molecule has 4 aromatic carbocycles. The van der Waals surface area contributed by atoms with Gasteiger partial charge in [0, 0.05) is 44.0 Å². The Kier molecular flexibility index (Phi) is 8.03. The average molecular weight is 599 g/mol. The van der Waals surface area contributed by atoms with Crippen LogP contribution in [0.25, 0.3) is 11.0 Å². The molecule has 1 aliphatic rings. The van der Waals surface area contributed by atoms with E-state index in [-0.39, 0.29) is 5.91 Å². The zero-order valence-electron chi connectivity index (χ0n) is 24.6. The van der Waals surface area contributed by atoms with Crippen LogP contribution in [0.3, 0.4) is 0 Å². The molecule has 1 unspecified atom stereocenters. The van der Waals surface area contributed by atoms with Crippen molar-refractivity contribution in [2.75, 3.05) is 31.1 Å². The average Bonchev–Trinajstić information content (AvgIpc) is 3.39. The fraction of sp³-hybridized carbons (Fsp3) is 0.257. The second-order valence-electron chi connectivity index (χ2n) is 11.1. The molecule has 5 aromatic rings. The van der Waals surface area contributed by atoms with Gasteiger partial charge >= 0.3 is 6.18 Å². The quantitative estimate of drug-likeness (QED) is 0.195. The van der Waals surface area contributed by atoms with E-state index in [0.29, 0.717) is 44.3 Å². The highest BCUT2D eigenvalue weighted by Crippen LogP contribution is 2.32. The van der Waals surface area contributed by atoms with E-state index in [9.17, 15) is 18.0 Å². The van der Waals surface area contributed by atoms with Gasteiger partial charge in [0.05, 0.1) is 16.6 Å². The SMILES string of the molecule is Cc1ccccc1C(=O)N1CCN(c2ccc3nc(C(C)Oc4ccccc4)n(Cc4ccc(C(F)(F)F)cc4)c3c2)CC1. The standard InChI is InChI=1S/C35H33F3N4O2/c1-24-8-6-7-11-30(24)34(43)41-20-18-40(19-21-41)28-16-17-31-32(22-28)42(23-26-12-14-27(15-13-26)35(36,37)38)33(39-31)25(2)44-29-9-4-3-5-10-29/h3-17,22,25H,18-21,23H2,1-2H3. The summed E-state index contributed by atoms with van der Waals surface area (Å²) < 4.78 is 47.9. The number of hydrogen-bond acceptors (Lipinski definition) is 4. The highest BCUT2D eigenvalue weighted by atomic mass is 19.4. The minimum atomic E-state index is -4.40. The molecule has 9 heteroatoms. The predicted octanol–water partition coefficient (Wildman–Crippen LogP) is 7.51. The number of para-hydroxylation sites is 1. The summed E-state index contributed by atoms with van der Waals surface area (Å²) in [7, 11) is 0. The van der Waals surface area contributed by atoms with E-state index in [1.54, 1.807) is 0 Å². The number of fused-ring (bicyclic) bond motifs is 1. The van der Waals surface area contributed by atoms with Gasteiger partial charge in [0.1, 0.15) is 5.75 Å². The Morgan fingerprint density at radius 3 is 2.25 bits per heavy atom. The van der Waals surface area contributed by atoms with E-state index >= 15 is 0 Å². The number of carbonyl (C=O) groups excluding carboxylic acids is 1. The van der Waals surface area contributed by atoms with E-state index in [1.807, 2.05) is 90.0 Å². The number of benzene rings is 4. The zero-order chi connectivity index (χ0) is 30.8. The van der Waals surface area contributed by atoms with E-state index in [1.165, 1.54) is 12.1 Å². The number of ether oxygens (including phenoxy) is 1. The van der Waals surface area contributed by atoms with Gasteiger partial charge in [-0.15, -0.1) is 0 Å². The van der Waals surface area contributed by atoms with Crippen LogP contribution < -0.4 is 9.64 Å². The van der Waals surface area contributed by atoms with E-state index in [2.05, 4.69) is 11.0 Å². The van der Waals surface area contributed by atoms with Crippen LogP contribution in [0, 0.1) is 6.92 Å². The Labute approximate surface area is 254 Å². The third-order valence-electron chi connectivity index (χ3n) is 8.11. The first kappa shape index (κ1) is 29.3. The molecule has 6 nitrogen and oxygen atoms in total. The molecule has 6 rings (SSSR count). The van der Waals surface area contributed by atoms with Crippen LogP contribution in [0.15, 0.2) is 97.1 Å². The van der Waals surface area contributed by atoms with Crippen LogP contribution in [0.5, 0.6) is 5.75 Å². The van der Waals surface area contributed by atoms with E-state index in [0.717, 1.165) is 45.5 Å². The van der Waals surface area contributed by atoms with Crippen LogP contribution in [0.1, 0.15) is 45.9 Å².